The second-order valence-corrected chi connectivity index (χ2v) is 9.18. The molecule has 7 nitrogen and oxygen atoms in total. The number of nitrogens with zero attached hydrogens (tertiary/aromatic N) is 1. The van der Waals surface area contributed by atoms with Crippen LogP contribution in [-0.2, 0) is 16.1 Å². The summed E-state index contributed by atoms with van der Waals surface area (Å²) in [6.07, 6.45) is 0. The number of amides is 1. The maximum absolute atomic E-state index is 13.9. The van der Waals surface area contributed by atoms with Gasteiger partial charge in [-0.15, -0.1) is 0 Å². The summed E-state index contributed by atoms with van der Waals surface area (Å²) < 4.78 is 16.8. The van der Waals surface area contributed by atoms with E-state index < -0.39 is 12.0 Å². The Kier molecular flexibility index (Phi) is 7.50. The van der Waals surface area contributed by atoms with Gasteiger partial charge in [-0.2, -0.15) is 0 Å². The smallest absolute Gasteiger partial charge is 0.341 e. The van der Waals surface area contributed by atoms with Gasteiger partial charge in [-0.25, -0.2) is 4.79 Å². The number of aryl methyl sites for hydroxylation is 1. The van der Waals surface area contributed by atoms with E-state index in [1.54, 1.807) is 43.2 Å². The summed E-state index contributed by atoms with van der Waals surface area (Å²) in [5, 5.41) is 3.42. The fraction of sp³-hybridized carbons (Fsp3) is 0.188. The van der Waals surface area contributed by atoms with E-state index in [9.17, 15) is 9.59 Å². The molecule has 4 aromatic carbocycles. The number of methoxy groups -OCH3 is 1. The molecule has 1 amide bonds. The van der Waals surface area contributed by atoms with Crippen LogP contribution < -0.4 is 19.7 Å². The average molecular weight is 523 g/mol. The van der Waals surface area contributed by atoms with Crippen molar-refractivity contribution in [1.29, 1.82) is 0 Å². The van der Waals surface area contributed by atoms with Gasteiger partial charge in [0.1, 0.15) is 29.7 Å². The third kappa shape index (κ3) is 5.29. The number of nitrogens with one attached hydrogen (secondary N) is 1. The summed E-state index contributed by atoms with van der Waals surface area (Å²) in [6, 6.07) is 27.6. The van der Waals surface area contributed by atoms with E-state index in [0.717, 1.165) is 33.8 Å². The van der Waals surface area contributed by atoms with Crippen molar-refractivity contribution in [1.82, 2.24) is 0 Å². The van der Waals surface area contributed by atoms with E-state index in [4.69, 9.17) is 14.2 Å². The van der Waals surface area contributed by atoms with E-state index in [2.05, 4.69) is 5.32 Å². The van der Waals surface area contributed by atoms with Crippen LogP contribution >= 0.6 is 0 Å². The van der Waals surface area contributed by atoms with Crippen molar-refractivity contribution in [3.8, 4) is 11.5 Å². The van der Waals surface area contributed by atoms with Gasteiger partial charge in [0.25, 0.3) is 5.91 Å². The minimum absolute atomic E-state index is 0.0951. The second kappa shape index (κ2) is 11.3. The van der Waals surface area contributed by atoms with E-state index in [-0.39, 0.29) is 19.1 Å². The van der Waals surface area contributed by atoms with Crippen molar-refractivity contribution in [3.05, 3.63) is 113 Å². The molecule has 0 saturated heterocycles. The highest BCUT2D eigenvalue weighted by atomic mass is 16.5. The van der Waals surface area contributed by atoms with Gasteiger partial charge in [0.15, 0.2) is 0 Å². The molecule has 0 spiro atoms. The van der Waals surface area contributed by atoms with E-state index in [0.29, 0.717) is 17.1 Å². The summed E-state index contributed by atoms with van der Waals surface area (Å²) in [5.41, 5.74) is 5.44. The molecular formula is C32H30N2O5. The van der Waals surface area contributed by atoms with Crippen molar-refractivity contribution < 1.29 is 23.8 Å². The minimum Gasteiger partial charge on any atom is -0.496 e. The van der Waals surface area contributed by atoms with E-state index >= 15 is 0 Å². The maximum Gasteiger partial charge on any atom is 0.341 e. The molecule has 0 saturated carbocycles. The Morgan fingerprint density at radius 3 is 2.44 bits per heavy atom. The number of benzene rings is 4. The Hall–Kier alpha value is -4.78. The highest BCUT2D eigenvalue weighted by molar-refractivity contribution is 6.10. The van der Waals surface area contributed by atoms with Gasteiger partial charge in [-0.1, -0.05) is 48.0 Å². The first kappa shape index (κ1) is 25.9. The molecule has 1 heterocycles. The quantitative estimate of drug-likeness (QED) is 0.263. The molecule has 0 bridgehead atoms. The van der Waals surface area contributed by atoms with Crippen LogP contribution in [0.25, 0.3) is 0 Å². The van der Waals surface area contributed by atoms with Crippen LogP contribution in [0.2, 0.25) is 0 Å². The zero-order valence-electron chi connectivity index (χ0n) is 22.1. The minimum atomic E-state index is -0.627. The number of rotatable bonds is 8. The third-order valence-corrected chi connectivity index (χ3v) is 6.61. The Labute approximate surface area is 227 Å². The van der Waals surface area contributed by atoms with Crippen molar-refractivity contribution >= 4 is 28.9 Å². The number of ether oxygens (including phenoxy) is 3. The monoisotopic (exact) mass is 522 g/mol. The van der Waals surface area contributed by atoms with Crippen LogP contribution in [0.5, 0.6) is 11.5 Å². The SMILES string of the molecule is CCOC(=O)c1ccccc1OCc1cc(C2Nc3ccccc3N(c3ccc(C)cc3)C2=O)ccc1OC. The van der Waals surface area contributed by atoms with Crippen molar-refractivity contribution in [3.63, 3.8) is 0 Å². The topological polar surface area (TPSA) is 77.1 Å². The summed E-state index contributed by atoms with van der Waals surface area (Å²) in [7, 11) is 1.59. The molecular weight excluding hydrogens is 492 g/mol. The molecule has 1 atom stereocenters. The number of hydrogen-bond acceptors (Lipinski definition) is 6. The second-order valence-electron chi connectivity index (χ2n) is 9.18. The van der Waals surface area contributed by atoms with E-state index in [1.807, 2.05) is 73.7 Å². The predicted octanol–water partition coefficient (Wildman–Crippen LogP) is 6.59. The molecule has 39 heavy (non-hydrogen) atoms. The lowest BCUT2D eigenvalue weighted by Gasteiger charge is -2.35. The molecule has 1 aliphatic rings. The standard InChI is InChI=1S/C32H30N2O5/c1-4-38-32(36)25-9-5-8-12-29(25)39-20-23-19-22(15-18-28(23)37-3)30-31(35)34(24-16-13-21(2)14-17-24)27-11-7-6-10-26(27)33-30/h5-19,30,33H,4,20H2,1-3H3. The molecule has 1 N–H and O–H groups in total. The Morgan fingerprint density at radius 2 is 1.67 bits per heavy atom. The zero-order chi connectivity index (χ0) is 27.4. The van der Waals surface area contributed by atoms with Crippen LogP contribution in [0.3, 0.4) is 0 Å². The summed E-state index contributed by atoms with van der Waals surface area (Å²) in [5.74, 6) is 0.490. The lowest BCUT2D eigenvalue weighted by atomic mass is 9.98. The number of para-hydroxylation sites is 3. The van der Waals surface area contributed by atoms with Crippen molar-refractivity contribution in [2.75, 3.05) is 23.9 Å². The van der Waals surface area contributed by atoms with Crippen LogP contribution in [0, 0.1) is 6.92 Å². The lowest BCUT2D eigenvalue weighted by Crippen LogP contribution is -2.39. The molecule has 1 aliphatic heterocycles. The van der Waals surface area contributed by atoms with Crippen molar-refractivity contribution in [2.24, 2.45) is 0 Å². The number of carbonyl (C=O) groups excluding carboxylic acids is 2. The fourth-order valence-electron chi connectivity index (χ4n) is 4.66. The average Bonchev–Trinajstić information content (AvgIpc) is 2.96. The molecule has 198 valence electrons. The van der Waals surface area contributed by atoms with Gasteiger partial charge in [0.05, 0.1) is 25.1 Å². The summed E-state index contributed by atoms with van der Waals surface area (Å²) in [6.45, 7) is 4.18. The predicted molar refractivity (Wildman–Crippen MR) is 151 cm³/mol. The van der Waals surface area contributed by atoms with Gasteiger partial charge in [0.2, 0.25) is 0 Å². The first-order valence-corrected chi connectivity index (χ1v) is 12.8. The molecule has 7 heteroatoms. The highest BCUT2D eigenvalue weighted by Crippen LogP contribution is 2.41. The van der Waals surface area contributed by atoms with Gasteiger partial charge < -0.3 is 19.5 Å². The van der Waals surface area contributed by atoms with Gasteiger partial charge >= 0.3 is 5.97 Å². The van der Waals surface area contributed by atoms with Gasteiger partial charge in [-0.3, -0.25) is 9.69 Å². The Bertz CT molecular complexity index is 1500. The number of anilines is 3. The molecule has 0 aromatic heterocycles. The largest absolute Gasteiger partial charge is 0.496 e. The van der Waals surface area contributed by atoms with Gasteiger partial charge in [-0.05, 0) is 67.9 Å². The van der Waals surface area contributed by atoms with Crippen LogP contribution in [-0.4, -0.2) is 25.6 Å². The highest BCUT2D eigenvalue weighted by Gasteiger charge is 2.34. The molecule has 0 radical (unpaired) electrons. The first-order chi connectivity index (χ1) is 19.0. The number of hydrogen-bond donors (Lipinski definition) is 1. The number of fused-ring (bicyclic) bond motifs is 1. The molecule has 0 fully saturated rings. The fourth-order valence-corrected chi connectivity index (χ4v) is 4.66. The van der Waals surface area contributed by atoms with Gasteiger partial charge in [0, 0.05) is 11.3 Å². The van der Waals surface area contributed by atoms with Crippen molar-refractivity contribution in [2.45, 2.75) is 26.5 Å². The summed E-state index contributed by atoms with van der Waals surface area (Å²) >= 11 is 0. The molecule has 1 unspecified atom stereocenters. The number of carbonyl (C=O) groups is 2. The number of esters is 1. The molecule has 5 rings (SSSR count). The van der Waals surface area contributed by atoms with Crippen LogP contribution in [0.4, 0.5) is 17.1 Å². The maximum atomic E-state index is 13.9. The van der Waals surface area contributed by atoms with Crippen LogP contribution in [0.15, 0.2) is 91.0 Å². The first-order valence-electron chi connectivity index (χ1n) is 12.8. The normalized spacial score (nSPS) is 14.3. The lowest BCUT2D eigenvalue weighted by molar-refractivity contribution is -0.119. The molecule has 0 aliphatic carbocycles. The zero-order valence-corrected chi connectivity index (χ0v) is 22.1. The Balaban J connectivity index is 1.47. The summed E-state index contributed by atoms with van der Waals surface area (Å²) in [4.78, 5) is 28.1. The Morgan fingerprint density at radius 1 is 0.923 bits per heavy atom. The van der Waals surface area contributed by atoms with Crippen LogP contribution in [0.1, 0.15) is 40.0 Å². The van der Waals surface area contributed by atoms with E-state index in [1.165, 1.54) is 0 Å². The third-order valence-electron chi connectivity index (χ3n) is 6.61. The molecule has 4 aromatic rings.